The highest BCUT2D eigenvalue weighted by atomic mass is 79.9. The van der Waals surface area contributed by atoms with Crippen LogP contribution in [-0.4, -0.2) is 29.4 Å². The van der Waals surface area contributed by atoms with Crippen LogP contribution < -0.4 is 19.7 Å². The molecule has 1 aliphatic heterocycles. The van der Waals surface area contributed by atoms with Crippen molar-refractivity contribution in [3.05, 3.63) is 96.5 Å². The van der Waals surface area contributed by atoms with Gasteiger partial charge in [0.2, 0.25) is 0 Å². The fourth-order valence-corrected chi connectivity index (χ4v) is 4.34. The maximum Gasteiger partial charge on any atom is 0.335 e. The lowest BCUT2D eigenvalue weighted by Crippen LogP contribution is -2.54. The summed E-state index contributed by atoms with van der Waals surface area (Å²) in [6, 6.07) is 13.1. The van der Waals surface area contributed by atoms with Gasteiger partial charge in [-0.15, -0.1) is 0 Å². The Hall–Kier alpha value is -4.22. The van der Waals surface area contributed by atoms with Crippen molar-refractivity contribution in [3.63, 3.8) is 0 Å². The Morgan fingerprint density at radius 1 is 1.10 bits per heavy atom. The van der Waals surface area contributed by atoms with Crippen molar-refractivity contribution < 1.29 is 28.8 Å². The number of halogens is 2. The van der Waals surface area contributed by atoms with Gasteiger partial charge in [-0.3, -0.25) is 25.0 Å². The van der Waals surface area contributed by atoms with Crippen molar-refractivity contribution in [2.45, 2.75) is 20.5 Å². The van der Waals surface area contributed by atoms with Gasteiger partial charge in [-0.2, -0.15) is 0 Å². The number of anilines is 1. The molecule has 0 atom stereocenters. The van der Waals surface area contributed by atoms with Crippen molar-refractivity contribution in [1.29, 1.82) is 0 Å². The highest BCUT2D eigenvalue weighted by molar-refractivity contribution is 9.10. The van der Waals surface area contributed by atoms with Crippen LogP contribution in [0.15, 0.2) is 64.6 Å². The summed E-state index contributed by atoms with van der Waals surface area (Å²) >= 11 is 9.88. The highest BCUT2D eigenvalue weighted by Gasteiger charge is 2.37. The molecule has 0 radical (unpaired) electrons. The van der Waals surface area contributed by atoms with Crippen LogP contribution >= 0.6 is 27.5 Å². The van der Waals surface area contributed by atoms with Crippen LogP contribution in [0.5, 0.6) is 11.5 Å². The largest absolute Gasteiger partial charge is 0.490 e. The molecule has 1 heterocycles. The fraction of sp³-hybridized carbons (Fsp3) is 0.148. The Bertz CT molecular complexity index is 1540. The van der Waals surface area contributed by atoms with Crippen molar-refractivity contribution >= 4 is 62.8 Å². The molecule has 3 aromatic rings. The molecule has 0 saturated carbocycles. The van der Waals surface area contributed by atoms with Crippen LogP contribution in [-0.2, 0) is 16.2 Å². The number of ether oxygens (including phenoxy) is 2. The molecule has 1 N–H and O–H groups in total. The first-order valence-corrected chi connectivity index (χ1v) is 12.8. The summed E-state index contributed by atoms with van der Waals surface area (Å²) in [4.78, 5) is 49.9. The molecule has 200 valence electrons. The van der Waals surface area contributed by atoms with E-state index in [1.54, 1.807) is 37.3 Å². The van der Waals surface area contributed by atoms with E-state index >= 15 is 0 Å². The molecule has 39 heavy (non-hydrogen) atoms. The van der Waals surface area contributed by atoms with Gasteiger partial charge in [0.25, 0.3) is 17.5 Å². The number of nitro benzene ring substituents is 1. The lowest BCUT2D eigenvalue weighted by Gasteiger charge is -2.26. The van der Waals surface area contributed by atoms with Gasteiger partial charge in [0.05, 0.1) is 22.2 Å². The molecule has 1 saturated heterocycles. The summed E-state index contributed by atoms with van der Waals surface area (Å²) < 4.78 is 12.3. The van der Waals surface area contributed by atoms with Crippen LogP contribution in [0.3, 0.4) is 0 Å². The third kappa shape index (κ3) is 6.10. The summed E-state index contributed by atoms with van der Waals surface area (Å²) in [5.74, 6) is -1.23. The van der Waals surface area contributed by atoms with Crippen LogP contribution in [0.4, 0.5) is 16.2 Å². The Balaban J connectivity index is 1.65. The molecule has 1 aliphatic rings. The number of nitrogens with zero attached hydrogens (tertiary/aromatic N) is 2. The van der Waals surface area contributed by atoms with Gasteiger partial charge in [0.15, 0.2) is 11.5 Å². The molecule has 1 fully saturated rings. The van der Waals surface area contributed by atoms with E-state index in [2.05, 4.69) is 21.2 Å². The standard InChI is InChI=1S/C27H21BrClN3O7/c1-3-38-23-13-17(12-22(29)24(23)39-14-16-5-4-6-19(10-16)32(36)37)11-20-25(33)30-27(35)31(26(20)34)18-7-8-21(28)15(2)9-18/h4-13H,3,14H2,1-2H3,(H,30,33,35)/b20-11+. The van der Waals surface area contributed by atoms with Crippen molar-refractivity contribution in [2.75, 3.05) is 11.5 Å². The van der Waals surface area contributed by atoms with Crippen LogP contribution in [0.1, 0.15) is 23.6 Å². The second-order valence-corrected chi connectivity index (χ2v) is 9.63. The molecule has 0 bridgehead atoms. The Kier molecular flexibility index (Phi) is 8.32. The smallest absolute Gasteiger partial charge is 0.335 e. The van der Waals surface area contributed by atoms with E-state index in [0.717, 1.165) is 14.9 Å². The predicted molar refractivity (Wildman–Crippen MR) is 148 cm³/mol. The third-order valence-corrected chi connectivity index (χ3v) is 6.82. The van der Waals surface area contributed by atoms with E-state index in [1.807, 2.05) is 6.92 Å². The van der Waals surface area contributed by atoms with Crippen LogP contribution in [0, 0.1) is 17.0 Å². The number of rotatable bonds is 8. The van der Waals surface area contributed by atoms with Gasteiger partial charge in [0.1, 0.15) is 12.2 Å². The zero-order chi connectivity index (χ0) is 28.3. The van der Waals surface area contributed by atoms with Crippen LogP contribution in [0.2, 0.25) is 5.02 Å². The maximum absolute atomic E-state index is 13.3. The number of hydrogen-bond donors (Lipinski definition) is 1. The number of aryl methyl sites for hydroxylation is 1. The van der Waals surface area contributed by atoms with Gasteiger partial charge < -0.3 is 9.47 Å². The number of urea groups is 1. The van der Waals surface area contributed by atoms with E-state index in [1.165, 1.54) is 30.3 Å². The van der Waals surface area contributed by atoms with Crippen molar-refractivity contribution in [1.82, 2.24) is 5.32 Å². The first kappa shape index (κ1) is 27.8. The lowest BCUT2D eigenvalue weighted by atomic mass is 10.1. The minimum absolute atomic E-state index is 0.0213. The van der Waals surface area contributed by atoms with E-state index in [4.69, 9.17) is 21.1 Å². The Morgan fingerprint density at radius 3 is 2.56 bits per heavy atom. The average molecular weight is 615 g/mol. The topological polar surface area (TPSA) is 128 Å². The number of nitro groups is 1. The number of carbonyl (C=O) groups is 3. The summed E-state index contributed by atoms with van der Waals surface area (Å²) in [6.45, 7) is 3.80. The lowest BCUT2D eigenvalue weighted by molar-refractivity contribution is -0.384. The van der Waals surface area contributed by atoms with Gasteiger partial charge >= 0.3 is 6.03 Å². The average Bonchev–Trinajstić information content (AvgIpc) is 2.88. The Morgan fingerprint density at radius 2 is 1.87 bits per heavy atom. The third-order valence-electron chi connectivity index (χ3n) is 5.65. The SMILES string of the molecule is CCOc1cc(/C=C2\C(=O)NC(=O)N(c3ccc(Br)c(C)c3)C2=O)cc(Cl)c1OCc1cccc([N+](=O)[O-])c1. The summed E-state index contributed by atoms with van der Waals surface area (Å²) in [5.41, 5.74) is 1.64. The molecule has 10 nitrogen and oxygen atoms in total. The molecule has 3 aromatic carbocycles. The first-order valence-electron chi connectivity index (χ1n) is 11.6. The molecule has 0 unspecified atom stereocenters. The fourth-order valence-electron chi connectivity index (χ4n) is 3.82. The van der Waals surface area contributed by atoms with Gasteiger partial charge in [-0.25, -0.2) is 9.69 Å². The van der Waals surface area contributed by atoms with Crippen LogP contribution in [0.25, 0.3) is 6.08 Å². The highest BCUT2D eigenvalue weighted by Crippen LogP contribution is 2.38. The van der Waals surface area contributed by atoms with Crippen molar-refractivity contribution in [3.8, 4) is 11.5 Å². The van der Waals surface area contributed by atoms with Gasteiger partial charge in [-0.05, 0) is 66.9 Å². The molecular weight excluding hydrogens is 594 g/mol. The number of barbiturate groups is 1. The zero-order valence-electron chi connectivity index (χ0n) is 20.7. The molecular formula is C27H21BrClN3O7. The van der Waals surface area contributed by atoms with E-state index in [-0.39, 0.29) is 41.0 Å². The van der Waals surface area contributed by atoms with Crippen molar-refractivity contribution in [2.24, 2.45) is 0 Å². The summed E-state index contributed by atoms with van der Waals surface area (Å²) in [6.07, 6.45) is 1.31. The quantitative estimate of drug-likeness (QED) is 0.143. The second kappa shape index (κ2) is 11.7. The normalized spacial score (nSPS) is 14.4. The number of carbonyl (C=O) groups excluding carboxylic acids is 3. The molecule has 4 amide bonds. The molecule has 0 aromatic heterocycles. The van der Waals surface area contributed by atoms with Gasteiger partial charge in [0, 0.05) is 16.6 Å². The Labute approximate surface area is 236 Å². The van der Waals surface area contributed by atoms with E-state index in [0.29, 0.717) is 16.8 Å². The predicted octanol–water partition coefficient (Wildman–Crippen LogP) is 5.96. The van der Waals surface area contributed by atoms with Gasteiger partial charge in [-0.1, -0.05) is 39.7 Å². The zero-order valence-corrected chi connectivity index (χ0v) is 23.0. The minimum atomic E-state index is -0.859. The summed E-state index contributed by atoms with van der Waals surface area (Å²) in [5, 5.41) is 13.4. The molecule has 0 spiro atoms. The maximum atomic E-state index is 13.3. The monoisotopic (exact) mass is 613 g/mol. The number of amides is 4. The number of hydrogen-bond acceptors (Lipinski definition) is 7. The number of imide groups is 2. The number of benzene rings is 3. The van der Waals surface area contributed by atoms with E-state index in [9.17, 15) is 24.5 Å². The second-order valence-electron chi connectivity index (χ2n) is 8.37. The summed E-state index contributed by atoms with van der Waals surface area (Å²) in [7, 11) is 0. The first-order chi connectivity index (χ1) is 18.6. The molecule has 4 rings (SSSR count). The number of non-ortho nitro benzene ring substituents is 1. The minimum Gasteiger partial charge on any atom is -0.490 e. The molecule has 12 heteroatoms. The van der Waals surface area contributed by atoms with E-state index < -0.39 is 22.8 Å². The number of nitrogens with one attached hydrogen (secondary N) is 1. The molecule has 0 aliphatic carbocycles.